The van der Waals surface area contributed by atoms with Crippen molar-refractivity contribution in [2.24, 2.45) is 0 Å². The Morgan fingerprint density at radius 1 is 1.09 bits per heavy atom. The molecule has 6 nitrogen and oxygen atoms in total. The van der Waals surface area contributed by atoms with E-state index in [1.165, 1.54) is 30.3 Å². The van der Waals surface area contributed by atoms with Gasteiger partial charge in [-0.1, -0.05) is 0 Å². The van der Waals surface area contributed by atoms with Gasteiger partial charge in [0, 0.05) is 12.1 Å². The molecular weight excluding hydrogens is 316 g/mol. The van der Waals surface area contributed by atoms with Gasteiger partial charge in [0.2, 0.25) is 5.91 Å². The number of hydrogen-bond donors (Lipinski definition) is 1. The van der Waals surface area contributed by atoms with Crippen molar-refractivity contribution in [3.05, 3.63) is 53.6 Å². The highest BCUT2D eigenvalue weighted by Crippen LogP contribution is 2.28. The molecule has 3 rings (SSSR count). The number of amides is 1. The van der Waals surface area contributed by atoms with Crippen LogP contribution in [-0.2, 0) is 21.3 Å². The van der Waals surface area contributed by atoms with Gasteiger partial charge in [-0.05, 0) is 54.4 Å². The fourth-order valence-electron chi connectivity index (χ4n) is 2.28. The smallest absolute Gasteiger partial charge is 0.339 e. The van der Waals surface area contributed by atoms with Crippen molar-refractivity contribution in [2.45, 2.75) is 17.7 Å². The highest BCUT2D eigenvalue weighted by atomic mass is 32.2. The van der Waals surface area contributed by atoms with Gasteiger partial charge in [-0.15, -0.1) is 0 Å². The van der Waals surface area contributed by atoms with Gasteiger partial charge in [-0.2, -0.15) is 13.7 Å². The second-order valence-corrected chi connectivity index (χ2v) is 6.59. The summed E-state index contributed by atoms with van der Waals surface area (Å²) in [6, 6.07) is 12.1. The Kier molecular flexibility index (Phi) is 3.76. The highest BCUT2D eigenvalue weighted by Gasteiger charge is 2.19. The molecule has 23 heavy (non-hydrogen) atoms. The molecule has 1 N–H and O–H groups in total. The first-order valence-electron chi connectivity index (χ1n) is 6.85. The lowest BCUT2D eigenvalue weighted by atomic mass is 10.0. The van der Waals surface area contributed by atoms with Crippen LogP contribution in [-0.4, -0.2) is 14.3 Å². The lowest BCUT2D eigenvalue weighted by Gasteiger charge is -2.17. The van der Waals surface area contributed by atoms with Crippen molar-refractivity contribution < 1.29 is 17.4 Å². The van der Waals surface area contributed by atoms with Gasteiger partial charge in [-0.3, -0.25) is 4.79 Å². The van der Waals surface area contributed by atoms with Crippen LogP contribution in [0.3, 0.4) is 0 Å². The van der Waals surface area contributed by atoms with Gasteiger partial charge in [-0.25, -0.2) is 0 Å². The number of aryl methyl sites for hydroxylation is 1. The second kappa shape index (κ2) is 5.74. The van der Waals surface area contributed by atoms with E-state index in [0.717, 1.165) is 5.56 Å². The molecule has 2 aromatic carbocycles. The third-order valence-electron chi connectivity index (χ3n) is 3.45. The van der Waals surface area contributed by atoms with Crippen LogP contribution in [0.4, 0.5) is 5.69 Å². The number of carbonyl (C=O) groups excluding carboxylic acids is 1. The van der Waals surface area contributed by atoms with E-state index in [1.54, 1.807) is 12.1 Å². The van der Waals surface area contributed by atoms with E-state index in [4.69, 9.17) is 9.44 Å². The third-order valence-corrected chi connectivity index (χ3v) is 4.71. The van der Waals surface area contributed by atoms with Crippen molar-refractivity contribution in [3.8, 4) is 11.8 Å². The number of nitriles is 1. The van der Waals surface area contributed by atoms with Gasteiger partial charge in [0.15, 0.2) is 0 Å². The number of rotatable bonds is 3. The summed E-state index contributed by atoms with van der Waals surface area (Å²) in [6.07, 6.45) is 0.897. The number of fused-ring (bicyclic) bond motifs is 1. The van der Waals surface area contributed by atoms with E-state index in [2.05, 4.69) is 5.32 Å². The number of nitrogens with zero attached hydrogens (tertiary/aromatic N) is 1. The number of nitrogens with one attached hydrogen (secondary N) is 1. The lowest BCUT2D eigenvalue weighted by Crippen LogP contribution is -2.19. The summed E-state index contributed by atoms with van der Waals surface area (Å²) in [5.41, 5.74) is 1.87. The van der Waals surface area contributed by atoms with E-state index in [9.17, 15) is 13.2 Å². The minimum atomic E-state index is -3.97. The molecule has 0 bridgehead atoms. The predicted octanol–water partition coefficient (Wildman–Crippen LogP) is 2.21. The number of hydrogen-bond acceptors (Lipinski definition) is 5. The van der Waals surface area contributed by atoms with Gasteiger partial charge in [0.05, 0.1) is 11.6 Å². The van der Waals surface area contributed by atoms with Gasteiger partial charge in [0.1, 0.15) is 10.6 Å². The van der Waals surface area contributed by atoms with Crippen molar-refractivity contribution in [1.29, 1.82) is 5.26 Å². The quantitative estimate of drug-likeness (QED) is 0.871. The maximum absolute atomic E-state index is 12.2. The summed E-state index contributed by atoms with van der Waals surface area (Å²) in [6.45, 7) is 0. The summed E-state index contributed by atoms with van der Waals surface area (Å²) in [7, 11) is -3.97. The Labute approximate surface area is 133 Å². The second-order valence-electron chi connectivity index (χ2n) is 5.04. The van der Waals surface area contributed by atoms with Crippen LogP contribution in [0.1, 0.15) is 17.5 Å². The molecule has 0 saturated carbocycles. The number of benzene rings is 2. The normalized spacial score (nSPS) is 13.6. The zero-order valence-electron chi connectivity index (χ0n) is 11.9. The van der Waals surface area contributed by atoms with E-state index < -0.39 is 10.1 Å². The zero-order valence-corrected chi connectivity index (χ0v) is 12.8. The molecule has 0 fully saturated rings. The van der Waals surface area contributed by atoms with E-state index in [0.29, 0.717) is 24.1 Å². The maximum Gasteiger partial charge on any atom is 0.339 e. The van der Waals surface area contributed by atoms with E-state index in [-0.39, 0.29) is 16.6 Å². The van der Waals surface area contributed by atoms with Crippen LogP contribution in [0.2, 0.25) is 0 Å². The molecule has 0 saturated heterocycles. The Morgan fingerprint density at radius 3 is 2.52 bits per heavy atom. The summed E-state index contributed by atoms with van der Waals surface area (Å²) < 4.78 is 29.6. The number of anilines is 1. The first kappa shape index (κ1) is 15.1. The minimum absolute atomic E-state index is 0.0254. The van der Waals surface area contributed by atoms with Crippen LogP contribution < -0.4 is 9.50 Å². The topological polar surface area (TPSA) is 96.3 Å². The third kappa shape index (κ3) is 3.17. The van der Waals surface area contributed by atoms with Crippen LogP contribution in [0.5, 0.6) is 5.75 Å². The van der Waals surface area contributed by atoms with Crippen molar-refractivity contribution in [2.75, 3.05) is 5.32 Å². The fourth-order valence-corrected chi connectivity index (χ4v) is 3.21. The van der Waals surface area contributed by atoms with Crippen molar-refractivity contribution in [3.63, 3.8) is 0 Å². The van der Waals surface area contributed by atoms with Crippen molar-refractivity contribution in [1.82, 2.24) is 0 Å². The van der Waals surface area contributed by atoms with Gasteiger partial charge in [0.25, 0.3) is 0 Å². The van der Waals surface area contributed by atoms with E-state index >= 15 is 0 Å². The van der Waals surface area contributed by atoms with Gasteiger partial charge < -0.3 is 9.50 Å². The molecule has 0 unspecified atom stereocenters. The Balaban J connectivity index is 1.86. The molecule has 7 heteroatoms. The Hall–Kier alpha value is -2.85. The molecular formula is C16H12N2O4S. The van der Waals surface area contributed by atoms with Crippen LogP contribution in [0, 0.1) is 11.3 Å². The van der Waals surface area contributed by atoms with Crippen molar-refractivity contribution >= 4 is 21.7 Å². The lowest BCUT2D eigenvalue weighted by molar-refractivity contribution is -0.116. The molecule has 0 spiro atoms. The van der Waals surface area contributed by atoms with E-state index in [1.807, 2.05) is 6.07 Å². The largest absolute Gasteiger partial charge is 0.379 e. The maximum atomic E-state index is 12.2. The molecule has 0 atom stereocenters. The van der Waals surface area contributed by atoms with Gasteiger partial charge >= 0.3 is 10.1 Å². The predicted molar refractivity (Wildman–Crippen MR) is 82.4 cm³/mol. The summed E-state index contributed by atoms with van der Waals surface area (Å²) in [5, 5.41) is 11.5. The average Bonchev–Trinajstić information content (AvgIpc) is 2.55. The van der Waals surface area contributed by atoms with Crippen LogP contribution >= 0.6 is 0 Å². The van der Waals surface area contributed by atoms with Crippen LogP contribution in [0.25, 0.3) is 0 Å². The summed E-state index contributed by atoms with van der Waals surface area (Å²) in [4.78, 5) is 11.3. The first-order chi connectivity index (χ1) is 11.0. The molecule has 0 aliphatic carbocycles. The monoisotopic (exact) mass is 328 g/mol. The molecule has 116 valence electrons. The Morgan fingerprint density at radius 2 is 1.83 bits per heavy atom. The molecule has 2 aromatic rings. The highest BCUT2D eigenvalue weighted by molar-refractivity contribution is 7.87. The SMILES string of the molecule is N#Cc1ccc(S(=O)(=O)Oc2ccc3c(c2)CCC(=O)N3)cc1. The molecule has 1 heterocycles. The first-order valence-corrected chi connectivity index (χ1v) is 8.26. The summed E-state index contributed by atoms with van der Waals surface area (Å²) in [5.74, 6) is 0.126. The molecule has 0 aromatic heterocycles. The Bertz CT molecular complexity index is 912. The molecule has 1 amide bonds. The molecule has 1 aliphatic heterocycles. The fraction of sp³-hybridized carbons (Fsp3) is 0.125. The average molecular weight is 328 g/mol. The standard InChI is InChI=1S/C16H12N2O4S/c17-10-11-1-5-14(6-2-11)23(20,21)22-13-4-7-15-12(9-13)3-8-16(19)18-15/h1-2,4-7,9H,3,8H2,(H,18,19). The minimum Gasteiger partial charge on any atom is -0.379 e. The number of carbonyl (C=O) groups is 1. The summed E-state index contributed by atoms with van der Waals surface area (Å²) >= 11 is 0. The van der Waals surface area contributed by atoms with Crippen LogP contribution in [0.15, 0.2) is 47.4 Å². The molecule has 1 aliphatic rings. The zero-order chi connectivity index (χ0) is 16.4. The molecule has 0 radical (unpaired) electrons.